The lowest BCUT2D eigenvalue weighted by atomic mass is 10.4. The first-order valence-corrected chi connectivity index (χ1v) is 4.98. The van der Waals surface area contributed by atoms with Gasteiger partial charge in [-0.2, -0.15) is 0 Å². The molecule has 0 aliphatic rings. The van der Waals surface area contributed by atoms with Crippen LogP contribution < -0.4 is 5.32 Å². The predicted molar refractivity (Wildman–Crippen MR) is 56.5 cm³/mol. The van der Waals surface area contributed by atoms with Gasteiger partial charge in [0, 0.05) is 13.7 Å². The maximum absolute atomic E-state index is 11.3. The number of nitrogens with one attached hydrogen (secondary N) is 1. The molecule has 8 nitrogen and oxygen atoms in total. The number of carboxylic acids is 1. The monoisotopic (exact) mass is 242 g/mol. The second-order valence-corrected chi connectivity index (χ2v) is 3.34. The molecule has 0 saturated carbocycles. The maximum Gasteiger partial charge on any atom is 0.358 e. The summed E-state index contributed by atoms with van der Waals surface area (Å²) in [6, 6.07) is 0. The number of hydrogen-bond acceptors (Lipinski definition) is 5. The van der Waals surface area contributed by atoms with Crippen molar-refractivity contribution in [3.8, 4) is 0 Å². The van der Waals surface area contributed by atoms with Crippen LogP contribution in [0.3, 0.4) is 0 Å². The number of aromatic nitrogens is 3. The summed E-state index contributed by atoms with van der Waals surface area (Å²) in [5, 5.41) is 18.3. The summed E-state index contributed by atoms with van der Waals surface area (Å²) in [5.74, 6) is -1.36. The van der Waals surface area contributed by atoms with Crippen LogP contribution >= 0.6 is 0 Å². The first-order chi connectivity index (χ1) is 8.04. The van der Waals surface area contributed by atoms with Crippen LogP contribution in [0.5, 0.6) is 0 Å². The summed E-state index contributed by atoms with van der Waals surface area (Å²) in [4.78, 5) is 21.8. The molecule has 94 valence electrons. The van der Waals surface area contributed by atoms with E-state index in [2.05, 4.69) is 15.6 Å². The third-order valence-corrected chi connectivity index (χ3v) is 2.12. The summed E-state index contributed by atoms with van der Waals surface area (Å²) < 4.78 is 6.17. The first-order valence-electron chi connectivity index (χ1n) is 4.98. The summed E-state index contributed by atoms with van der Waals surface area (Å²) in [6.45, 7) is 2.31. The van der Waals surface area contributed by atoms with Crippen LogP contribution in [0.15, 0.2) is 6.20 Å². The smallest absolute Gasteiger partial charge is 0.358 e. The van der Waals surface area contributed by atoms with Gasteiger partial charge in [-0.05, 0) is 6.92 Å². The van der Waals surface area contributed by atoms with Crippen LogP contribution in [0.1, 0.15) is 17.4 Å². The van der Waals surface area contributed by atoms with E-state index in [4.69, 9.17) is 9.84 Å². The van der Waals surface area contributed by atoms with Gasteiger partial charge in [-0.3, -0.25) is 4.79 Å². The number of amides is 1. The molecule has 17 heavy (non-hydrogen) atoms. The van der Waals surface area contributed by atoms with E-state index in [0.717, 1.165) is 0 Å². The standard InChI is InChI=1S/C9H14N4O4/c1-6(17-2)8(14)10-3-4-13-5-7(9(15)16)11-12-13/h5-6H,3-4H2,1-2H3,(H,10,14)(H,15,16). The van der Waals surface area contributed by atoms with E-state index in [0.29, 0.717) is 13.1 Å². The molecule has 1 atom stereocenters. The number of rotatable bonds is 6. The number of aromatic carboxylic acids is 1. The third-order valence-electron chi connectivity index (χ3n) is 2.12. The fraction of sp³-hybridized carbons (Fsp3) is 0.556. The van der Waals surface area contributed by atoms with E-state index in [1.54, 1.807) is 6.92 Å². The van der Waals surface area contributed by atoms with Crippen LogP contribution in [-0.4, -0.2) is 51.7 Å². The zero-order chi connectivity index (χ0) is 12.8. The molecule has 8 heteroatoms. The third kappa shape index (κ3) is 3.83. The molecular weight excluding hydrogens is 228 g/mol. The fourth-order valence-corrected chi connectivity index (χ4v) is 1.05. The van der Waals surface area contributed by atoms with Gasteiger partial charge in [0.2, 0.25) is 5.91 Å². The number of hydrogen-bond donors (Lipinski definition) is 2. The second-order valence-electron chi connectivity index (χ2n) is 3.34. The largest absolute Gasteiger partial charge is 0.476 e. The topological polar surface area (TPSA) is 106 Å². The van der Waals surface area contributed by atoms with Gasteiger partial charge in [0.15, 0.2) is 5.69 Å². The van der Waals surface area contributed by atoms with Crippen LogP contribution in [0.25, 0.3) is 0 Å². The Morgan fingerprint density at radius 2 is 2.35 bits per heavy atom. The molecule has 0 aliphatic carbocycles. The minimum Gasteiger partial charge on any atom is -0.476 e. The minimum atomic E-state index is -1.13. The number of methoxy groups -OCH3 is 1. The van der Waals surface area contributed by atoms with Gasteiger partial charge in [-0.15, -0.1) is 5.10 Å². The molecule has 1 aromatic rings. The van der Waals surface area contributed by atoms with E-state index in [1.165, 1.54) is 18.0 Å². The van der Waals surface area contributed by atoms with Gasteiger partial charge in [-0.25, -0.2) is 9.48 Å². The van der Waals surface area contributed by atoms with Gasteiger partial charge in [0.1, 0.15) is 6.10 Å². The van der Waals surface area contributed by atoms with Crippen molar-refractivity contribution in [3.05, 3.63) is 11.9 Å². The van der Waals surface area contributed by atoms with Crippen molar-refractivity contribution in [2.24, 2.45) is 0 Å². The van der Waals surface area contributed by atoms with Gasteiger partial charge >= 0.3 is 5.97 Å². The van der Waals surface area contributed by atoms with E-state index in [-0.39, 0.29) is 11.6 Å². The Balaban J connectivity index is 2.35. The van der Waals surface area contributed by atoms with Crippen molar-refractivity contribution < 1.29 is 19.4 Å². The molecule has 1 rings (SSSR count). The fourth-order valence-electron chi connectivity index (χ4n) is 1.05. The highest BCUT2D eigenvalue weighted by Gasteiger charge is 2.11. The van der Waals surface area contributed by atoms with Crippen molar-refractivity contribution in [2.75, 3.05) is 13.7 Å². The normalized spacial score (nSPS) is 12.1. The zero-order valence-electron chi connectivity index (χ0n) is 9.58. The number of nitrogens with zero attached hydrogens (tertiary/aromatic N) is 3. The molecule has 1 amide bonds. The van der Waals surface area contributed by atoms with Crippen molar-refractivity contribution in [1.29, 1.82) is 0 Å². The highest BCUT2D eigenvalue weighted by Crippen LogP contribution is 1.92. The van der Waals surface area contributed by atoms with E-state index < -0.39 is 12.1 Å². The lowest BCUT2D eigenvalue weighted by Gasteiger charge is -2.09. The maximum atomic E-state index is 11.3. The molecule has 0 saturated heterocycles. The Morgan fingerprint density at radius 3 is 2.88 bits per heavy atom. The van der Waals surface area contributed by atoms with E-state index in [9.17, 15) is 9.59 Å². The highest BCUT2D eigenvalue weighted by molar-refractivity contribution is 5.84. The Labute approximate surface area is 97.6 Å². The molecule has 0 fully saturated rings. The van der Waals surface area contributed by atoms with Gasteiger partial charge in [-0.1, -0.05) is 5.21 Å². The lowest BCUT2D eigenvalue weighted by Crippen LogP contribution is -2.35. The van der Waals surface area contributed by atoms with Gasteiger partial charge < -0.3 is 15.2 Å². The second kappa shape index (κ2) is 5.94. The summed E-state index contributed by atoms with van der Waals surface area (Å²) in [6.07, 6.45) is 0.786. The van der Waals surface area contributed by atoms with Crippen LogP contribution in [0.2, 0.25) is 0 Å². The average Bonchev–Trinajstić information content (AvgIpc) is 2.76. The van der Waals surface area contributed by atoms with Crippen molar-refractivity contribution in [3.63, 3.8) is 0 Å². The van der Waals surface area contributed by atoms with E-state index in [1.807, 2.05) is 0 Å². The van der Waals surface area contributed by atoms with Gasteiger partial charge in [0.05, 0.1) is 12.7 Å². The minimum absolute atomic E-state index is 0.124. The zero-order valence-corrected chi connectivity index (χ0v) is 9.58. The Hall–Kier alpha value is -1.96. The van der Waals surface area contributed by atoms with E-state index >= 15 is 0 Å². The molecule has 0 spiro atoms. The van der Waals surface area contributed by atoms with Gasteiger partial charge in [0.25, 0.3) is 0 Å². The SMILES string of the molecule is COC(C)C(=O)NCCn1cc(C(=O)O)nn1. The predicted octanol–water partition coefficient (Wildman–Crippen LogP) is -0.873. The van der Waals surface area contributed by atoms with Crippen molar-refractivity contribution in [1.82, 2.24) is 20.3 Å². The molecule has 1 aromatic heterocycles. The molecule has 0 radical (unpaired) electrons. The Morgan fingerprint density at radius 1 is 1.65 bits per heavy atom. The Bertz CT molecular complexity index is 403. The van der Waals surface area contributed by atoms with Crippen LogP contribution in [-0.2, 0) is 16.1 Å². The molecule has 0 bridgehead atoms. The molecule has 2 N–H and O–H groups in total. The van der Waals surface area contributed by atoms with Crippen molar-refractivity contribution in [2.45, 2.75) is 19.6 Å². The lowest BCUT2D eigenvalue weighted by molar-refractivity contribution is -0.130. The number of carbonyl (C=O) groups is 2. The summed E-state index contributed by atoms with van der Waals surface area (Å²) in [7, 11) is 1.45. The quantitative estimate of drug-likeness (QED) is 0.671. The van der Waals surface area contributed by atoms with Crippen molar-refractivity contribution >= 4 is 11.9 Å². The number of carboxylic acid groups (broad SMARTS) is 1. The molecule has 1 unspecified atom stereocenters. The molecule has 0 aliphatic heterocycles. The molecule has 0 aromatic carbocycles. The van der Waals surface area contributed by atoms with Crippen LogP contribution in [0.4, 0.5) is 0 Å². The highest BCUT2D eigenvalue weighted by atomic mass is 16.5. The first kappa shape index (κ1) is 13.1. The molecule has 1 heterocycles. The van der Waals surface area contributed by atoms with Crippen LogP contribution in [0, 0.1) is 0 Å². The summed E-state index contributed by atoms with van der Waals surface area (Å²) in [5.41, 5.74) is -0.124. The average molecular weight is 242 g/mol. The number of ether oxygens (including phenoxy) is 1. The summed E-state index contributed by atoms with van der Waals surface area (Å²) >= 11 is 0. The Kier molecular flexibility index (Phi) is 4.58. The molecular formula is C9H14N4O4. The number of carbonyl (C=O) groups excluding carboxylic acids is 1.